The van der Waals surface area contributed by atoms with E-state index in [4.69, 9.17) is 10.5 Å². The fraction of sp³-hybridized carbons (Fsp3) is 0.438. The first kappa shape index (κ1) is 15.8. The predicted octanol–water partition coefficient (Wildman–Crippen LogP) is 2.63. The van der Waals surface area contributed by atoms with Crippen molar-refractivity contribution in [2.24, 2.45) is 18.2 Å². The molecule has 6 nitrogen and oxygen atoms in total. The van der Waals surface area contributed by atoms with Gasteiger partial charge in [0.2, 0.25) is 5.88 Å². The minimum atomic E-state index is -0.547. The van der Waals surface area contributed by atoms with Crippen molar-refractivity contribution in [3.05, 3.63) is 39.2 Å². The van der Waals surface area contributed by atoms with Gasteiger partial charge in [0.15, 0.2) is 5.78 Å². The molecule has 2 aliphatic rings. The van der Waals surface area contributed by atoms with Crippen LogP contribution in [0.4, 0.5) is 0 Å². The number of ketones is 1. The summed E-state index contributed by atoms with van der Waals surface area (Å²) in [4.78, 5) is 12.8. The monoisotopic (exact) mass is 376 g/mol. The molecule has 1 aliphatic heterocycles. The van der Waals surface area contributed by atoms with Gasteiger partial charge in [-0.3, -0.25) is 9.48 Å². The Kier molecular flexibility index (Phi) is 3.60. The summed E-state index contributed by atoms with van der Waals surface area (Å²) < 4.78 is 8.04. The standard InChI is InChI=1S/C16H17BrN4O2/c1-16(2)4-10(22)13-11(5-16)23-15(19)8(6-18)12(13)14-9(17)7-20-21(14)3/h7,12H,4-5,19H2,1-3H3/t12-/m0/s1. The highest BCUT2D eigenvalue weighted by Crippen LogP contribution is 2.48. The van der Waals surface area contributed by atoms with Gasteiger partial charge in [0, 0.05) is 25.5 Å². The van der Waals surface area contributed by atoms with Gasteiger partial charge in [0.1, 0.15) is 17.4 Å². The third-order valence-corrected chi connectivity index (χ3v) is 4.90. The second-order valence-electron chi connectivity index (χ2n) is 6.70. The van der Waals surface area contributed by atoms with E-state index in [1.165, 1.54) is 0 Å². The van der Waals surface area contributed by atoms with Gasteiger partial charge in [-0.2, -0.15) is 10.4 Å². The zero-order valence-electron chi connectivity index (χ0n) is 13.2. The number of hydrogen-bond donors (Lipinski definition) is 1. The molecule has 0 spiro atoms. The molecular weight excluding hydrogens is 360 g/mol. The molecule has 0 saturated heterocycles. The van der Waals surface area contributed by atoms with Crippen molar-refractivity contribution in [1.82, 2.24) is 9.78 Å². The van der Waals surface area contributed by atoms with Crippen LogP contribution in [0.15, 0.2) is 33.5 Å². The Morgan fingerprint density at radius 1 is 1.52 bits per heavy atom. The predicted molar refractivity (Wildman–Crippen MR) is 86.6 cm³/mol. The van der Waals surface area contributed by atoms with E-state index in [9.17, 15) is 10.1 Å². The van der Waals surface area contributed by atoms with E-state index in [0.29, 0.717) is 24.2 Å². The molecule has 0 saturated carbocycles. The zero-order chi connectivity index (χ0) is 16.9. The number of halogens is 1. The first-order valence-corrected chi connectivity index (χ1v) is 8.05. The fourth-order valence-corrected chi connectivity index (χ4v) is 3.88. The van der Waals surface area contributed by atoms with Crippen molar-refractivity contribution in [3.8, 4) is 6.07 Å². The van der Waals surface area contributed by atoms with Crippen LogP contribution in [0.1, 0.15) is 38.3 Å². The number of carbonyl (C=O) groups excluding carboxylic acids is 1. The number of Topliss-reactive ketones (excluding diaryl/α,β-unsaturated/α-hetero) is 1. The number of ether oxygens (including phenoxy) is 1. The number of rotatable bonds is 1. The van der Waals surface area contributed by atoms with Crippen molar-refractivity contribution in [3.63, 3.8) is 0 Å². The lowest BCUT2D eigenvalue weighted by molar-refractivity contribution is -0.119. The van der Waals surface area contributed by atoms with E-state index >= 15 is 0 Å². The highest BCUT2D eigenvalue weighted by Gasteiger charge is 2.44. The first-order chi connectivity index (χ1) is 10.7. The molecule has 3 rings (SSSR count). The molecule has 2 N–H and O–H groups in total. The van der Waals surface area contributed by atoms with Crippen LogP contribution in [-0.4, -0.2) is 15.6 Å². The Balaban J connectivity index is 2.24. The molecule has 1 atom stereocenters. The Bertz CT molecular complexity index is 791. The Morgan fingerprint density at radius 2 is 2.22 bits per heavy atom. The lowest BCUT2D eigenvalue weighted by Crippen LogP contribution is -2.34. The van der Waals surface area contributed by atoms with Crippen LogP contribution >= 0.6 is 15.9 Å². The van der Waals surface area contributed by atoms with Gasteiger partial charge < -0.3 is 10.5 Å². The van der Waals surface area contributed by atoms with Crippen LogP contribution in [-0.2, 0) is 16.6 Å². The quantitative estimate of drug-likeness (QED) is 0.812. The second kappa shape index (κ2) is 5.24. The molecule has 0 amide bonds. The SMILES string of the molecule is Cn1ncc(Br)c1[C@H]1C(C#N)=C(N)OC2=C1C(=O)CC(C)(C)C2. The Hall–Kier alpha value is -2.07. The number of nitriles is 1. The maximum atomic E-state index is 12.8. The Labute approximate surface area is 142 Å². The molecule has 0 bridgehead atoms. The van der Waals surface area contributed by atoms with E-state index in [1.54, 1.807) is 17.9 Å². The summed E-state index contributed by atoms with van der Waals surface area (Å²) >= 11 is 3.46. The molecular formula is C16H17BrN4O2. The van der Waals surface area contributed by atoms with Crippen molar-refractivity contribution < 1.29 is 9.53 Å². The number of nitrogens with two attached hydrogens (primary N) is 1. The lowest BCUT2D eigenvalue weighted by Gasteiger charge is -2.37. The minimum absolute atomic E-state index is 0.00500. The molecule has 0 fully saturated rings. The third kappa shape index (κ3) is 2.47. The Morgan fingerprint density at radius 3 is 2.78 bits per heavy atom. The van der Waals surface area contributed by atoms with Gasteiger partial charge in [-0.05, 0) is 21.3 Å². The first-order valence-electron chi connectivity index (χ1n) is 7.26. The van der Waals surface area contributed by atoms with Crippen LogP contribution in [0.5, 0.6) is 0 Å². The van der Waals surface area contributed by atoms with Crippen LogP contribution in [0.2, 0.25) is 0 Å². The molecule has 1 aliphatic carbocycles. The summed E-state index contributed by atoms with van der Waals surface area (Å²) in [5.74, 6) is 0.0829. The summed E-state index contributed by atoms with van der Waals surface area (Å²) in [5.41, 5.74) is 7.29. The number of aromatic nitrogens is 2. The summed E-state index contributed by atoms with van der Waals surface area (Å²) in [7, 11) is 1.78. The molecule has 7 heteroatoms. The highest BCUT2D eigenvalue weighted by molar-refractivity contribution is 9.10. The van der Waals surface area contributed by atoms with Crippen LogP contribution in [0, 0.1) is 16.7 Å². The van der Waals surface area contributed by atoms with E-state index in [-0.39, 0.29) is 22.7 Å². The van der Waals surface area contributed by atoms with Crippen molar-refractivity contribution >= 4 is 21.7 Å². The van der Waals surface area contributed by atoms with Crippen LogP contribution in [0.25, 0.3) is 0 Å². The van der Waals surface area contributed by atoms with Crippen LogP contribution < -0.4 is 5.73 Å². The van der Waals surface area contributed by atoms with Gasteiger partial charge >= 0.3 is 0 Å². The third-order valence-electron chi connectivity index (χ3n) is 4.29. The van der Waals surface area contributed by atoms with Gasteiger partial charge in [-0.15, -0.1) is 0 Å². The van der Waals surface area contributed by atoms with E-state index in [1.807, 2.05) is 13.8 Å². The van der Waals surface area contributed by atoms with Gasteiger partial charge in [-0.25, -0.2) is 0 Å². The molecule has 23 heavy (non-hydrogen) atoms. The van der Waals surface area contributed by atoms with Gasteiger partial charge in [-0.1, -0.05) is 13.8 Å². The van der Waals surface area contributed by atoms with E-state index < -0.39 is 5.92 Å². The van der Waals surface area contributed by atoms with Crippen molar-refractivity contribution in [2.75, 3.05) is 0 Å². The van der Waals surface area contributed by atoms with E-state index in [2.05, 4.69) is 27.1 Å². The largest absolute Gasteiger partial charge is 0.444 e. The molecule has 1 aromatic rings. The molecule has 2 heterocycles. The number of hydrogen-bond acceptors (Lipinski definition) is 5. The minimum Gasteiger partial charge on any atom is -0.444 e. The number of aryl methyl sites for hydroxylation is 1. The summed E-state index contributed by atoms with van der Waals surface area (Å²) in [6, 6.07) is 2.10. The smallest absolute Gasteiger partial charge is 0.205 e. The maximum Gasteiger partial charge on any atom is 0.205 e. The van der Waals surface area contributed by atoms with Crippen molar-refractivity contribution in [2.45, 2.75) is 32.6 Å². The molecule has 120 valence electrons. The molecule has 0 aromatic carbocycles. The second-order valence-corrected chi connectivity index (χ2v) is 7.56. The highest BCUT2D eigenvalue weighted by atomic mass is 79.9. The molecule has 1 aromatic heterocycles. The topological polar surface area (TPSA) is 93.9 Å². The maximum absolute atomic E-state index is 12.8. The number of nitrogens with zero attached hydrogens (tertiary/aromatic N) is 3. The van der Waals surface area contributed by atoms with E-state index in [0.717, 1.165) is 10.2 Å². The molecule has 0 radical (unpaired) electrons. The average Bonchev–Trinajstić information content (AvgIpc) is 2.75. The summed E-state index contributed by atoms with van der Waals surface area (Å²) in [5, 5.41) is 13.7. The number of carbonyl (C=O) groups is 1. The van der Waals surface area contributed by atoms with Gasteiger partial charge in [0.25, 0.3) is 0 Å². The fourth-order valence-electron chi connectivity index (χ4n) is 3.30. The molecule has 0 unspecified atom stereocenters. The number of allylic oxidation sites excluding steroid dienone is 3. The van der Waals surface area contributed by atoms with Crippen molar-refractivity contribution in [1.29, 1.82) is 5.26 Å². The van der Waals surface area contributed by atoms with Crippen LogP contribution in [0.3, 0.4) is 0 Å². The summed E-state index contributed by atoms with van der Waals surface area (Å²) in [6.45, 7) is 4.04. The summed E-state index contributed by atoms with van der Waals surface area (Å²) in [6.07, 6.45) is 2.67. The lowest BCUT2D eigenvalue weighted by atomic mass is 9.71. The normalized spacial score (nSPS) is 23.4. The zero-order valence-corrected chi connectivity index (χ0v) is 14.8. The van der Waals surface area contributed by atoms with Gasteiger partial charge in [0.05, 0.1) is 22.3 Å². The average molecular weight is 377 g/mol.